The highest BCUT2D eigenvalue weighted by Crippen LogP contribution is 2.30. The van der Waals surface area contributed by atoms with Crippen LogP contribution < -0.4 is 0 Å². The molecule has 0 aliphatic carbocycles. The minimum atomic E-state index is 0.276. The van der Waals surface area contributed by atoms with Crippen LogP contribution in [0.3, 0.4) is 0 Å². The molecule has 2 unspecified atom stereocenters. The Morgan fingerprint density at radius 3 is 1.56 bits per heavy atom. The first-order chi connectivity index (χ1) is 12.0. The summed E-state index contributed by atoms with van der Waals surface area (Å²) in [6, 6.07) is 10.6. The molecule has 2 heterocycles. The Hall–Kier alpha value is -2.08. The van der Waals surface area contributed by atoms with E-state index in [2.05, 4.69) is 0 Å². The topological polar surface area (TPSA) is 74.8 Å². The largest absolute Gasteiger partial charge is 0.508 e. The zero-order valence-corrected chi connectivity index (χ0v) is 14.6. The normalized spacial score (nSPS) is 20.6. The molecule has 0 spiro atoms. The van der Waals surface area contributed by atoms with Crippen LogP contribution in [0.4, 0.5) is 0 Å². The van der Waals surface area contributed by atoms with Crippen molar-refractivity contribution in [1.29, 1.82) is 0 Å². The van der Waals surface area contributed by atoms with Crippen LogP contribution in [0.15, 0.2) is 36.4 Å². The van der Waals surface area contributed by atoms with Crippen LogP contribution in [0.2, 0.25) is 0 Å². The lowest BCUT2D eigenvalue weighted by molar-refractivity contribution is 0.102. The third-order valence-corrected chi connectivity index (χ3v) is 4.12. The van der Waals surface area contributed by atoms with E-state index in [4.69, 9.17) is 14.2 Å². The fourth-order valence-corrected chi connectivity index (χ4v) is 2.56. The molecule has 0 saturated carbocycles. The Kier molecular flexibility index (Phi) is 5.58. The molecule has 0 radical (unpaired) electrons. The van der Waals surface area contributed by atoms with Crippen molar-refractivity contribution in [3.05, 3.63) is 47.5 Å². The van der Waals surface area contributed by atoms with Crippen molar-refractivity contribution in [2.45, 2.75) is 26.1 Å². The minimum absolute atomic E-state index is 0.276. The number of ether oxygens (including phenoxy) is 3. The fraction of sp³-hybridized carbons (Fsp3) is 0.400. The standard InChI is InChI=1S/C14H14O2.C6H10O3/c1-9-7-11(15)3-5-13(9)14-6-4-12(16)8-10(14)2;1(5-3-8-5)7-2-6-4-9-6/h3-8,15-16H,1-2H3;5-6H,1-4H2. The van der Waals surface area contributed by atoms with Gasteiger partial charge in [-0.15, -0.1) is 0 Å². The Morgan fingerprint density at radius 2 is 1.24 bits per heavy atom. The van der Waals surface area contributed by atoms with E-state index in [9.17, 15) is 10.2 Å². The van der Waals surface area contributed by atoms with Crippen LogP contribution in [0, 0.1) is 13.8 Å². The van der Waals surface area contributed by atoms with Gasteiger partial charge in [0.05, 0.1) is 26.4 Å². The Morgan fingerprint density at radius 1 is 0.840 bits per heavy atom. The number of rotatable bonds is 5. The van der Waals surface area contributed by atoms with Crippen molar-refractivity contribution < 1.29 is 24.4 Å². The third-order valence-electron chi connectivity index (χ3n) is 4.12. The average molecular weight is 344 g/mol. The number of phenolic OH excluding ortho intramolecular Hbond substituents is 2. The highest BCUT2D eigenvalue weighted by atomic mass is 16.6. The maximum Gasteiger partial charge on any atom is 0.115 e. The first-order valence-electron chi connectivity index (χ1n) is 8.43. The van der Waals surface area contributed by atoms with Crippen molar-refractivity contribution in [3.8, 4) is 22.6 Å². The first-order valence-corrected chi connectivity index (χ1v) is 8.43. The average Bonchev–Trinajstić information content (AvgIpc) is 3.44. The van der Waals surface area contributed by atoms with Gasteiger partial charge in [-0.3, -0.25) is 0 Å². The van der Waals surface area contributed by atoms with E-state index in [1.54, 1.807) is 24.3 Å². The molecule has 2 aromatic rings. The maximum absolute atomic E-state index is 9.36. The molecule has 0 bridgehead atoms. The van der Waals surface area contributed by atoms with Gasteiger partial charge in [-0.25, -0.2) is 0 Å². The smallest absolute Gasteiger partial charge is 0.115 e. The van der Waals surface area contributed by atoms with E-state index in [0.717, 1.165) is 48.7 Å². The number of phenols is 2. The van der Waals surface area contributed by atoms with Gasteiger partial charge in [-0.05, 0) is 60.4 Å². The van der Waals surface area contributed by atoms with Crippen molar-refractivity contribution in [2.75, 3.05) is 26.4 Å². The Balaban J connectivity index is 0.000000170. The summed E-state index contributed by atoms with van der Waals surface area (Å²) >= 11 is 0. The van der Waals surface area contributed by atoms with Crippen molar-refractivity contribution in [3.63, 3.8) is 0 Å². The molecular formula is C20H24O5. The Labute approximate surface area is 147 Å². The zero-order valence-electron chi connectivity index (χ0n) is 14.6. The molecule has 5 nitrogen and oxygen atoms in total. The SMILES string of the molecule is C(OCC1CO1)C1CO1.Cc1cc(O)ccc1-c1ccc(O)cc1C. The van der Waals surface area contributed by atoms with Gasteiger partial charge in [-0.1, -0.05) is 12.1 Å². The van der Waals surface area contributed by atoms with Gasteiger partial charge >= 0.3 is 0 Å². The molecule has 2 saturated heterocycles. The zero-order chi connectivity index (χ0) is 17.8. The second-order valence-corrected chi connectivity index (χ2v) is 6.45. The number of hydrogen-bond donors (Lipinski definition) is 2. The van der Waals surface area contributed by atoms with Gasteiger partial charge in [0.25, 0.3) is 0 Å². The van der Waals surface area contributed by atoms with Crippen LogP contribution in [-0.4, -0.2) is 48.8 Å². The summed E-state index contributed by atoms with van der Waals surface area (Å²) in [6.07, 6.45) is 0.785. The highest BCUT2D eigenvalue weighted by molar-refractivity contribution is 5.71. The molecule has 2 aliphatic heterocycles. The summed E-state index contributed by atoms with van der Waals surface area (Å²) in [5.74, 6) is 0.551. The van der Waals surface area contributed by atoms with Crippen LogP contribution in [-0.2, 0) is 14.2 Å². The van der Waals surface area contributed by atoms with E-state index in [-0.39, 0.29) is 11.5 Å². The molecule has 0 amide bonds. The predicted molar refractivity (Wildman–Crippen MR) is 95.0 cm³/mol. The molecule has 2 fully saturated rings. The molecule has 4 rings (SSSR count). The van der Waals surface area contributed by atoms with Crippen molar-refractivity contribution in [1.82, 2.24) is 0 Å². The van der Waals surface area contributed by atoms with Crippen LogP contribution in [0.25, 0.3) is 11.1 Å². The fourth-order valence-electron chi connectivity index (χ4n) is 2.56. The molecule has 25 heavy (non-hydrogen) atoms. The number of hydrogen-bond acceptors (Lipinski definition) is 5. The second-order valence-electron chi connectivity index (χ2n) is 6.45. The first kappa shape index (κ1) is 17.7. The number of aromatic hydroxyl groups is 2. The number of aryl methyl sites for hydroxylation is 2. The van der Waals surface area contributed by atoms with E-state index in [1.807, 2.05) is 26.0 Å². The van der Waals surface area contributed by atoms with Gasteiger partial charge in [0.1, 0.15) is 23.7 Å². The summed E-state index contributed by atoms with van der Waals surface area (Å²) in [6.45, 7) is 7.18. The molecule has 2 N–H and O–H groups in total. The molecule has 2 atom stereocenters. The maximum atomic E-state index is 9.36. The Bertz CT molecular complexity index is 659. The molecule has 5 heteroatoms. The lowest BCUT2D eigenvalue weighted by Gasteiger charge is -2.10. The van der Waals surface area contributed by atoms with Crippen LogP contribution in [0.1, 0.15) is 11.1 Å². The summed E-state index contributed by atoms with van der Waals surface area (Å²) in [5.41, 5.74) is 4.20. The van der Waals surface area contributed by atoms with Crippen LogP contribution >= 0.6 is 0 Å². The lowest BCUT2D eigenvalue weighted by Crippen LogP contribution is -2.06. The van der Waals surface area contributed by atoms with Gasteiger partial charge in [0.15, 0.2) is 0 Å². The van der Waals surface area contributed by atoms with E-state index >= 15 is 0 Å². The van der Waals surface area contributed by atoms with E-state index in [0.29, 0.717) is 12.2 Å². The summed E-state index contributed by atoms with van der Waals surface area (Å²) < 4.78 is 15.1. The highest BCUT2D eigenvalue weighted by Gasteiger charge is 2.26. The van der Waals surface area contributed by atoms with E-state index in [1.165, 1.54) is 0 Å². The lowest BCUT2D eigenvalue weighted by atomic mass is 9.96. The second kappa shape index (κ2) is 7.87. The summed E-state index contributed by atoms with van der Waals surface area (Å²) in [7, 11) is 0. The predicted octanol–water partition coefficient (Wildman–Crippen LogP) is 3.18. The summed E-state index contributed by atoms with van der Waals surface area (Å²) in [4.78, 5) is 0. The molecule has 2 aliphatic rings. The number of epoxide rings is 2. The quantitative estimate of drug-likeness (QED) is 0.815. The van der Waals surface area contributed by atoms with Crippen molar-refractivity contribution in [2.24, 2.45) is 0 Å². The van der Waals surface area contributed by atoms with Gasteiger partial charge in [0, 0.05) is 0 Å². The minimum Gasteiger partial charge on any atom is -0.508 e. The van der Waals surface area contributed by atoms with Gasteiger partial charge in [0.2, 0.25) is 0 Å². The van der Waals surface area contributed by atoms with E-state index < -0.39 is 0 Å². The summed E-state index contributed by atoms with van der Waals surface area (Å²) in [5, 5.41) is 18.7. The van der Waals surface area contributed by atoms with Gasteiger partial charge < -0.3 is 24.4 Å². The third kappa shape index (κ3) is 5.46. The number of benzene rings is 2. The van der Waals surface area contributed by atoms with Crippen molar-refractivity contribution >= 4 is 0 Å². The molecule has 134 valence electrons. The van der Waals surface area contributed by atoms with Gasteiger partial charge in [-0.2, -0.15) is 0 Å². The van der Waals surface area contributed by atoms with Crippen LogP contribution in [0.5, 0.6) is 11.5 Å². The molecule has 0 aromatic heterocycles. The molecule has 2 aromatic carbocycles. The monoisotopic (exact) mass is 344 g/mol. The molecular weight excluding hydrogens is 320 g/mol.